The molecule has 74 valence electrons. The van der Waals surface area contributed by atoms with Gasteiger partial charge in [0.05, 0.1) is 0 Å². The van der Waals surface area contributed by atoms with E-state index in [1.54, 1.807) is 6.07 Å². The molecule has 0 aliphatic heterocycles. The molecule has 0 radical (unpaired) electrons. The fourth-order valence-corrected chi connectivity index (χ4v) is 1.24. The molecule has 0 saturated heterocycles. The lowest BCUT2D eigenvalue weighted by molar-refractivity contribution is 1.05. The quantitative estimate of drug-likeness (QED) is 0.794. The third-order valence-electron chi connectivity index (χ3n) is 2.05. The van der Waals surface area contributed by atoms with Crippen LogP contribution >= 0.6 is 0 Å². The molecule has 0 saturated carbocycles. The van der Waals surface area contributed by atoms with Crippen LogP contribution in [0.25, 0.3) is 0 Å². The second-order valence-electron chi connectivity index (χ2n) is 2.99. The highest BCUT2D eigenvalue weighted by Gasteiger charge is 2.06. The van der Waals surface area contributed by atoms with E-state index < -0.39 is 0 Å². The van der Waals surface area contributed by atoms with Crippen LogP contribution in [0, 0.1) is 11.3 Å². The van der Waals surface area contributed by atoms with Crippen LogP contribution < -0.4 is 4.90 Å². The van der Waals surface area contributed by atoms with Gasteiger partial charge in [-0.2, -0.15) is 5.26 Å². The summed E-state index contributed by atoms with van der Waals surface area (Å²) in [4.78, 5) is 12.8. The van der Waals surface area contributed by atoms with Crippen LogP contribution in [0.15, 0.2) is 30.7 Å². The summed E-state index contributed by atoms with van der Waals surface area (Å²) < 4.78 is 0. The lowest BCUT2D eigenvalue weighted by atomic mass is 10.4. The van der Waals surface area contributed by atoms with Crippen molar-refractivity contribution in [3.63, 3.8) is 0 Å². The second kappa shape index (κ2) is 3.80. The number of nitriles is 1. The lowest BCUT2D eigenvalue weighted by Crippen LogP contribution is -2.11. The molecule has 0 bridgehead atoms. The van der Waals surface area contributed by atoms with E-state index in [-0.39, 0.29) is 0 Å². The Morgan fingerprint density at radius 2 is 2.33 bits per heavy atom. The van der Waals surface area contributed by atoms with E-state index in [0.717, 1.165) is 5.82 Å². The number of H-pyrrole nitrogens is 1. The highest BCUT2D eigenvalue weighted by atomic mass is 15.2. The van der Waals surface area contributed by atoms with E-state index in [1.165, 1.54) is 6.33 Å². The van der Waals surface area contributed by atoms with E-state index in [2.05, 4.69) is 15.0 Å². The third-order valence-corrected chi connectivity index (χ3v) is 2.05. The van der Waals surface area contributed by atoms with Gasteiger partial charge in [-0.05, 0) is 12.1 Å². The fourth-order valence-electron chi connectivity index (χ4n) is 1.24. The number of rotatable bonds is 2. The highest BCUT2D eigenvalue weighted by Crippen LogP contribution is 2.18. The van der Waals surface area contributed by atoms with Crippen molar-refractivity contribution in [2.45, 2.75) is 0 Å². The van der Waals surface area contributed by atoms with Gasteiger partial charge in [0.25, 0.3) is 0 Å². The minimum absolute atomic E-state index is 0.360. The zero-order valence-corrected chi connectivity index (χ0v) is 8.18. The molecule has 2 aromatic rings. The first kappa shape index (κ1) is 9.21. The number of anilines is 2. The smallest absolute Gasteiger partial charge is 0.145 e. The van der Waals surface area contributed by atoms with Gasteiger partial charge < -0.3 is 9.88 Å². The van der Waals surface area contributed by atoms with Gasteiger partial charge in [0.1, 0.15) is 29.7 Å². The standard InChI is InChI=1S/C10H9N5/c1-15(9-3-2-4-12-9)10-5-8(6-11)13-7-14-10/h2-5,7,12H,1H3. The van der Waals surface area contributed by atoms with Crippen molar-refractivity contribution in [3.8, 4) is 6.07 Å². The summed E-state index contributed by atoms with van der Waals surface area (Å²) in [7, 11) is 1.87. The maximum atomic E-state index is 8.71. The summed E-state index contributed by atoms with van der Waals surface area (Å²) in [6, 6.07) is 7.45. The number of aromatic amines is 1. The van der Waals surface area contributed by atoms with Gasteiger partial charge in [-0.3, -0.25) is 0 Å². The molecule has 0 aliphatic carbocycles. The molecule has 2 heterocycles. The van der Waals surface area contributed by atoms with Gasteiger partial charge >= 0.3 is 0 Å². The normalized spacial score (nSPS) is 9.60. The number of hydrogen-bond acceptors (Lipinski definition) is 4. The topological polar surface area (TPSA) is 68.6 Å². The molecule has 5 nitrogen and oxygen atoms in total. The maximum Gasteiger partial charge on any atom is 0.145 e. The molecular formula is C10H9N5. The van der Waals surface area contributed by atoms with Crippen LogP contribution in [-0.4, -0.2) is 22.0 Å². The monoisotopic (exact) mass is 199 g/mol. The molecule has 0 unspecified atom stereocenters. The Morgan fingerprint density at radius 1 is 1.47 bits per heavy atom. The van der Waals surface area contributed by atoms with Gasteiger partial charge in [-0.15, -0.1) is 0 Å². The lowest BCUT2D eigenvalue weighted by Gasteiger charge is -2.15. The third kappa shape index (κ3) is 1.79. The van der Waals surface area contributed by atoms with E-state index in [0.29, 0.717) is 11.5 Å². The number of nitrogens with one attached hydrogen (secondary N) is 1. The van der Waals surface area contributed by atoms with Crippen molar-refractivity contribution in [2.75, 3.05) is 11.9 Å². The molecule has 2 aromatic heterocycles. The first-order valence-corrected chi connectivity index (χ1v) is 4.40. The molecule has 15 heavy (non-hydrogen) atoms. The van der Waals surface area contributed by atoms with Crippen molar-refractivity contribution in [3.05, 3.63) is 36.4 Å². The van der Waals surface area contributed by atoms with Crippen molar-refractivity contribution in [1.29, 1.82) is 5.26 Å². The van der Waals surface area contributed by atoms with Crippen molar-refractivity contribution >= 4 is 11.6 Å². The minimum Gasteiger partial charge on any atom is -0.348 e. The maximum absolute atomic E-state index is 8.71. The van der Waals surface area contributed by atoms with Crippen molar-refractivity contribution in [2.24, 2.45) is 0 Å². The SMILES string of the molecule is CN(c1cc(C#N)ncn1)c1ccc[nH]1. The molecule has 0 fully saturated rings. The molecular weight excluding hydrogens is 190 g/mol. The second-order valence-corrected chi connectivity index (χ2v) is 2.99. The largest absolute Gasteiger partial charge is 0.348 e. The number of aromatic nitrogens is 3. The van der Waals surface area contributed by atoms with E-state index in [1.807, 2.05) is 36.3 Å². The molecule has 0 aliphatic rings. The molecule has 0 aromatic carbocycles. The molecule has 5 heteroatoms. The Labute approximate surface area is 87.0 Å². The molecule has 2 rings (SSSR count). The summed E-state index contributed by atoms with van der Waals surface area (Å²) in [6.45, 7) is 0. The Bertz CT molecular complexity index is 483. The van der Waals surface area contributed by atoms with Crippen LogP contribution in [-0.2, 0) is 0 Å². The summed E-state index contributed by atoms with van der Waals surface area (Å²) in [5, 5.41) is 8.71. The Morgan fingerprint density at radius 3 is 3.00 bits per heavy atom. The Balaban J connectivity index is 2.34. The van der Waals surface area contributed by atoms with Gasteiger partial charge in [0, 0.05) is 19.3 Å². The van der Waals surface area contributed by atoms with Crippen LogP contribution in [0.4, 0.5) is 11.6 Å². The summed E-state index contributed by atoms with van der Waals surface area (Å²) >= 11 is 0. The molecule has 0 atom stereocenters. The zero-order valence-electron chi connectivity index (χ0n) is 8.18. The van der Waals surface area contributed by atoms with Gasteiger partial charge in [-0.1, -0.05) is 0 Å². The predicted octanol–water partition coefficient (Wildman–Crippen LogP) is 1.44. The van der Waals surface area contributed by atoms with Crippen LogP contribution in [0.1, 0.15) is 5.69 Å². The fraction of sp³-hybridized carbons (Fsp3) is 0.100. The van der Waals surface area contributed by atoms with Crippen LogP contribution in [0.5, 0.6) is 0 Å². The van der Waals surface area contributed by atoms with E-state index in [9.17, 15) is 0 Å². The minimum atomic E-state index is 0.360. The van der Waals surface area contributed by atoms with Crippen LogP contribution in [0.2, 0.25) is 0 Å². The zero-order chi connectivity index (χ0) is 10.7. The van der Waals surface area contributed by atoms with E-state index >= 15 is 0 Å². The molecule has 0 spiro atoms. The Hall–Kier alpha value is -2.35. The van der Waals surface area contributed by atoms with Gasteiger partial charge in [-0.25, -0.2) is 9.97 Å². The average molecular weight is 199 g/mol. The van der Waals surface area contributed by atoms with Gasteiger partial charge in [0.15, 0.2) is 0 Å². The number of nitrogens with zero attached hydrogens (tertiary/aromatic N) is 4. The molecule has 0 amide bonds. The average Bonchev–Trinajstić information content (AvgIpc) is 2.81. The van der Waals surface area contributed by atoms with E-state index in [4.69, 9.17) is 5.26 Å². The summed E-state index contributed by atoms with van der Waals surface area (Å²) in [6.07, 6.45) is 3.21. The summed E-state index contributed by atoms with van der Waals surface area (Å²) in [5.41, 5.74) is 0.360. The molecule has 1 N–H and O–H groups in total. The highest BCUT2D eigenvalue weighted by molar-refractivity contribution is 5.55. The first-order chi connectivity index (χ1) is 7.31. The number of hydrogen-bond donors (Lipinski definition) is 1. The van der Waals surface area contributed by atoms with Crippen molar-refractivity contribution < 1.29 is 0 Å². The van der Waals surface area contributed by atoms with Crippen LogP contribution in [0.3, 0.4) is 0 Å². The Kier molecular flexibility index (Phi) is 2.33. The van der Waals surface area contributed by atoms with Crippen molar-refractivity contribution in [1.82, 2.24) is 15.0 Å². The van der Waals surface area contributed by atoms with Gasteiger partial charge in [0.2, 0.25) is 0 Å². The summed E-state index contributed by atoms with van der Waals surface area (Å²) in [5.74, 6) is 1.60. The predicted molar refractivity (Wildman–Crippen MR) is 55.6 cm³/mol. The first-order valence-electron chi connectivity index (χ1n) is 4.40.